The van der Waals surface area contributed by atoms with Crippen LogP contribution in [0.3, 0.4) is 0 Å². The van der Waals surface area contributed by atoms with Crippen molar-refractivity contribution in [1.82, 2.24) is 9.80 Å². The zero-order valence-electron chi connectivity index (χ0n) is 13.2. The fourth-order valence-electron chi connectivity index (χ4n) is 3.64. The Bertz CT molecular complexity index is 564. The first-order valence-electron chi connectivity index (χ1n) is 7.93. The summed E-state index contributed by atoms with van der Waals surface area (Å²) in [6.45, 7) is 4.10. The monoisotopic (exact) mass is 322 g/mol. The van der Waals surface area contributed by atoms with Crippen molar-refractivity contribution in [2.75, 3.05) is 26.7 Å². The van der Waals surface area contributed by atoms with Crippen molar-refractivity contribution < 1.29 is 9.53 Å². The Balaban J connectivity index is 1.64. The van der Waals surface area contributed by atoms with Gasteiger partial charge in [0.05, 0.1) is 0 Å². The number of amides is 1. The largest absolute Gasteiger partial charge is 0.483 e. The molecule has 3 rings (SSSR count). The minimum absolute atomic E-state index is 0.108. The summed E-state index contributed by atoms with van der Waals surface area (Å²) in [5.41, 5.74) is 0.957. The molecule has 2 bridgehead atoms. The second kappa shape index (κ2) is 6.47. The summed E-state index contributed by atoms with van der Waals surface area (Å²) < 4.78 is 5.74. The van der Waals surface area contributed by atoms with E-state index in [4.69, 9.17) is 16.3 Å². The Morgan fingerprint density at radius 3 is 2.86 bits per heavy atom. The van der Waals surface area contributed by atoms with Crippen LogP contribution < -0.4 is 4.74 Å². The molecule has 1 aromatic carbocycles. The van der Waals surface area contributed by atoms with E-state index in [1.54, 1.807) is 6.07 Å². The molecule has 0 aliphatic carbocycles. The van der Waals surface area contributed by atoms with Gasteiger partial charge in [-0.1, -0.05) is 11.6 Å². The molecule has 5 heteroatoms. The highest BCUT2D eigenvalue weighted by Crippen LogP contribution is 2.30. The van der Waals surface area contributed by atoms with E-state index in [0.29, 0.717) is 17.1 Å². The number of likely N-dealkylation sites (tertiary alicyclic amines) is 1. The minimum Gasteiger partial charge on any atom is -0.483 e. The molecular weight excluding hydrogens is 300 g/mol. The summed E-state index contributed by atoms with van der Waals surface area (Å²) in [6, 6.07) is 6.21. The number of fused-ring (bicyclic) bond motifs is 2. The zero-order valence-corrected chi connectivity index (χ0v) is 14.0. The van der Waals surface area contributed by atoms with Crippen LogP contribution in [0.25, 0.3) is 0 Å². The van der Waals surface area contributed by atoms with Gasteiger partial charge >= 0.3 is 0 Å². The third-order valence-electron chi connectivity index (χ3n) is 4.76. The Kier molecular flexibility index (Phi) is 4.59. The third kappa shape index (κ3) is 3.23. The lowest BCUT2D eigenvalue weighted by atomic mass is 10.1. The molecule has 2 aliphatic heterocycles. The van der Waals surface area contributed by atoms with Gasteiger partial charge in [-0.05, 0) is 63.5 Å². The summed E-state index contributed by atoms with van der Waals surface area (Å²) in [7, 11) is 2.14. The molecule has 0 unspecified atom stereocenters. The second-order valence-electron chi connectivity index (χ2n) is 6.44. The fourth-order valence-corrected chi connectivity index (χ4v) is 3.87. The van der Waals surface area contributed by atoms with E-state index in [0.717, 1.165) is 43.7 Å². The summed E-state index contributed by atoms with van der Waals surface area (Å²) >= 11 is 5.94. The molecule has 0 aromatic heterocycles. The topological polar surface area (TPSA) is 32.8 Å². The highest BCUT2D eigenvalue weighted by molar-refractivity contribution is 6.30. The van der Waals surface area contributed by atoms with E-state index in [1.807, 2.05) is 19.1 Å². The van der Waals surface area contributed by atoms with Crippen molar-refractivity contribution in [1.29, 1.82) is 0 Å². The Hall–Kier alpha value is -1.26. The normalized spacial score (nSPS) is 25.1. The quantitative estimate of drug-likeness (QED) is 0.858. The SMILES string of the molecule is Cc1cc(Cl)ccc1OCC(=O)N1[C@H]2CC[C@@H]1CN(C)CC2. The Labute approximate surface area is 137 Å². The van der Waals surface area contributed by atoms with Gasteiger partial charge in [0.25, 0.3) is 5.91 Å². The number of halogens is 1. The zero-order chi connectivity index (χ0) is 15.7. The molecule has 2 fully saturated rings. The fraction of sp³-hybridized carbons (Fsp3) is 0.588. The van der Waals surface area contributed by atoms with Crippen LogP contribution in [-0.4, -0.2) is 54.5 Å². The van der Waals surface area contributed by atoms with Crippen molar-refractivity contribution in [3.63, 3.8) is 0 Å². The lowest BCUT2D eigenvalue weighted by molar-refractivity contribution is -0.136. The van der Waals surface area contributed by atoms with Gasteiger partial charge in [-0.15, -0.1) is 0 Å². The number of benzene rings is 1. The van der Waals surface area contributed by atoms with E-state index >= 15 is 0 Å². The van der Waals surface area contributed by atoms with E-state index < -0.39 is 0 Å². The van der Waals surface area contributed by atoms with E-state index in [1.165, 1.54) is 0 Å². The van der Waals surface area contributed by atoms with Crippen LogP contribution in [0, 0.1) is 6.92 Å². The van der Waals surface area contributed by atoms with Crippen LogP contribution in [-0.2, 0) is 4.79 Å². The van der Waals surface area contributed by atoms with Crippen molar-refractivity contribution in [3.8, 4) is 5.75 Å². The van der Waals surface area contributed by atoms with E-state index in [9.17, 15) is 4.79 Å². The number of aryl methyl sites for hydroxylation is 1. The minimum atomic E-state index is 0.108. The van der Waals surface area contributed by atoms with Crippen molar-refractivity contribution in [2.24, 2.45) is 0 Å². The molecule has 0 N–H and O–H groups in total. The van der Waals surface area contributed by atoms with Crippen LogP contribution in [0.15, 0.2) is 18.2 Å². The number of hydrogen-bond donors (Lipinski definition) is 0. The third-order valence-corrected chi connectivity index (χ3v) is 5.00. The molecule has 4 nitrogen and oxygen atoms in total. The summed E-state index contributed by atoms with van der Waals surface area (Å²) in [5, 5.41) is 0.685. The maximum Gasteiger partial charge on any atom is 0.261 e. The maximum absolute atomic E-state index is 12.6. The first kappa shape index (κ1) is 15.6. The molecule has 2 aliphatic rings. The molecule has 0 radical (unpaired) electrons. The Morgan fingerprint density at radius 1 is 1.32 bits per heavy atom. The Morgan fingerprint density at radius 2 is 2.09 bits per heavy atom. The summed E-state index contributed by atoms with van der Waals surface area (Å²) in [5.74, 6) is 0.842. The molecule has 120 valence electrons. The first-order valence-corrected chi connectivity index (χ1v) is 8.31. The van der Waals surface area contributed by atoms with Crippen molar-refractivity contribution in [2.45, 2.75) is 38.3 Å². The number of likely N-dealkylation sites (N-methyl/N-ethyl adjacent to an activating group) is 1. The average molecular weight is 323 g/mol. The van der Waals surface area contributed by atoms with Crippen LogP contribution in [0.4, 0.5) is 0 Å². The molecular formula is C17H23ClN2O2. The number of rotatable bonds is 3. The maximum atomic E-state index is 12.6. The van der Waals surface area contributed by atoms with Gasteiger partial charge in [-0.25, -0.2) is 0 Å². The van der Waals surface area contributed by atoms with Crippen molar-refractivity contribution >= 4 is 17.5 Å². The van der Waals surface area contributed by atoms with Gasteiger partial charge < -0.3 is 14.5 Å². The molecule has 1 amide bonds. The molecule has 1 aromatic rings. The second-order valence-corrected chi connectivity index (χ2v) is 6.87. The highest BCUT2D eigenvalue weighted by atomic mass is 35.5. The highest BCUT2D eigenvalue weighted by Gasteiger charge is 2.39. The predicted molar refractivity (Wildman–Crippen MR) is 87.5 cm³/mol. The molecule has 2 atom stereocenters. The van der Waals surface area contributed by atoms with Crippen LogP contribution in [0.2, 0.25) is 5.02 Å². The lowest BCUT2D eigenvalue weighted by Gasteiger charge is -2.28. The average Bonchev–Trinajstić information content (AvgIpc) is 2.77. The van der Waals surface area contributed by atoms with Gasteiger partial charge in [0.2, 0.25) is 0 Å². The van der Waals surface area contributed by atoms with Gasteiger partial charge in [0.1, 0.15) is 5.75 Å². The van der Waals surface area contributed by atoms with Crippen molar-refractivity contribution in [3.05, 3.63) is 28.8 Å². The predicted octanol–water partition coefficient (Wildman–Crippen LogP) is 2.72. The number of hydrogen-bond acceptors (Lipinski definition) is 3. The smallest absolute Gasteiger partial charge is 0.261 e. The molecule has 2 heterocycles. The molecule has 0 spiro atoms. The number of carbonyl (C=O) groups is 1. The summed E-state index contributed by atoms with van der Waals surface area (Å²) in [4.78, 5) is 17.0. The van der Waals surface area contributed by atoms with E-state index in [-0.39, 0.29) is 12.5 Å². The van der Waals surface area contributed by atoms with Crippen LogP contribution >= 0.6 is 11.6 Å². The number of ether oxygens (including phenoxy) is 1. The van der Waals surface area contributed by atoms with Gasteiger partial charge in [-0.2, -0.15) is 0 Å². The molecule has 22 heavy (non-hydrogen) atoms. The van der Waals surface area contributed by atoms with Gasteiger partial charge in [0, 0.05) is 23.7 Å². The van der Waals surface area contributed by atoms with Crippen LogP contribution in [0.5, 0.6) is 5.75 Å². The van der Waals surface area contributed by atoms with Gasteiger partial charge in [-0.3, -0.25) is 4.79 Å². The number of nitrogens with zero attached hydrogens (tertiary/aromatic N) is 2. The summed E-state index contributed by atoms with van der Waals surface area (Å²) in [6.07, 6.45) is 3.31. The first-order chi connectivity index (χ1) is 10.5. The van der Waals surface area contributed by atoms with Crippen LogP contribution in [0.1, 0.15) is 24.8 Å². The van der Waals surface area contributed by atoms with Gasteiger partial charge in [0.15, 0.2) is 6.61 Å². The number of carbonyl (C=O) groups excluding carboxylic acids is 1. The molecule has 0 saturated carbocycles. The molecule has 2 saturated heterocycles. The van der Waals surface area contributed by atoms with E-state index in [2.05, 4.69) is 16.8 Å². The standard InChI is InChI=1S/C17H23ClN2O2/c1-12-9-13(18)3-6-16(12)22-11-17(21)20-14-4-5-15(20)10-19(2)8-7-14/h3,6,9,14-15H,4-5,7-8,10-11H2,1-2H3/t14-,15+/m0/s1. The lowest BCUT2D eigenvalue weighted by Crippen LogP contribution is -2.44.